The van der Waals surface area contributed by atoms with Crippen LogP contribution >= 0.6 is 15.9 Å². The Morgan fingerprint density at radius 1 is 1.56 bits per heavy atom. The van der Waals surface area contributed by atoms with Crippen LogP contribution in [0.25, 0.3) is 0 Å². The largest absolute Gasteiger partial charge is 0.396 e. The van der Waals surface area contributed by atoms with Crippen LogP contribution in [0.2, 0.25) is 0 Å². The maximum absolute atomic E-state index is 9.05. The fraction of sp³-hybridized carbons (Fsp3) is 0.583. The smallest absolute Gasteiger partial charge is 0.140 e. The number of aryl methyl sites for hydroxylation is 1. The average Bonchev–Trinajstić information content (AvgIpc) is 2.23. The molecular formula is C12H19BrN2O. The molecule has 1 aromatic heterocycles. The van der Waals surface area contributed by atoms with Crippen molar-refractivity contribution in [3.05, 3.63) is 22.3 Å². The van der Waals surface area contributed by atoms with Gasteiger partial charge < -0.3 is 10.4 Å². The van der Waals surface area contributed by atoms with Crippen LogP contribution in [0.5, 0.6) is 0 Å². The van der Waals surface area contributed by atoms with Gasteiger partial charge in [0.1, 0.15) is 5.82 Å². The highest BCUT2D eigenvalue weighted by molar-refractivity contribution is 9.10. The fourth-order valence-electron chi connectivity index (χ4n) is 1.49. The number of halogens is 1. The van der Waals surface area contributed by atoms with E-state index in [0.29, 0.717) is 6.42 Å². The highest BCUT2D eigenvalue weighted by Gasteiger charge is 2.22. The monoisotopic (exact) mass is 286 g/mol. The topological polar surface area (TPSA) is 45.1 Å². The molecule has 0 amide bonds. The van der Waals surface area contributed by atoms with E-state index < -0.39 is 0 Å². The van der Waals surface area contributed by atoms with E-state index in [1.165, 1.54) is 0 Å². The van der Waals surface area contributed by atoms with Gasteiger partial charge in [0.2, 0.25) is 0 Å². The second-order valence-corrected chi connectivity index (χ2v) is 5.21. The number of nitrogens with zero attached hydrogens (tertiary/aromatic N) is 1. The Morgan fingerprint density at radius 3 is 2.75 bits per heavy atom. The van der Waals surface area contributed by atoms with E-state index >= 15 is 0 Å². The lowest BCUT2D eigenvalue weighted by Crippen LogP contribution is -2.35. The predicted octanol–water partition coefficient (Wildman–Crippen LogP) is 3.12. The molecule has 0 radical (unpaired) electrons. The molecule has 0 aliphatic heterocycles. The van der Waals surface area contributed by atoms with Crippen molar-refractivity contribution in [2.75, 3.05) is 11.9 Å². The van der Waals surface area contributed by atoms with Crippen molar-refractivity contribution in [2.45, 2.75) is 39.2 Å². The first-order chi connectivity index (χ1) is 7.50. The van der Waals surface area contributed by atoms with Gasteiger partial charge in [-0.1, -0.05) is 6.92 Å². The van der Waals surface area contributed by atoms with Crippen LogP contribution < -0.4 is 5.32 Å². The molecule has 0 fully saturated rings. The number of aliphatic hydroxyl groups is 1. The van der Waals surface area contributed by atoms with Gasteiger partial charge in [0, 0.05) is 18.3 Å². The quantitative estimate of drug-likeness (QED) is 0.874. The molecule has 0 aliphatic carbocycles. The molecule has 3 nitrogen and oxygen atoms in total. The lowest BCUT2D eigenvalue weighted by Gasteiger charge is -2.30. The summed E-state index contributed by atoms with van der Waals surface area (Å²) in [7, 11) is 0. The molecule has 0 aromatic carbocycles. The normalized spacial score (nSPS) is 14.6. The molecule has 0 bridgehead atoms. The van der Waals surface area contributed by atoms with Gasteiger partial charge in [0.05, 0.1) is 4.47 Å². The van der Waals surface area contributed by atoms with Crippen LogP contribution in [-0.4, -0.2) is 22.2 Å². The highest BCUT2D eigenvalue weighted by atomic mass is 79.9. The van der Waals surface area contributed by atoms with Gasteiger partial charge in [-0.2, -0.15) is 0 Å². The second kappa shape index (κ2) is 5.64. The Bertz CT molecular complexity index is 357. The zero-order valence-electron chi connectivity index (χ0n) is 10.0. The summed E-state index contributed by atoms with van der Waals surface area (Å²) in [6.45, 7) is 6.39. The Morgan fingerprint density at radius 2 is 2.25 bits per heavy atom. The Balaban J connectivity index is 2.85. The van der Waals surface area contributed by atoms with Crippen LogP contribution in [-0.2, 0) is 0 Å². The van der Waals surface area contributed by atoms with Crippen LogP contribution in [0.3, 0.4) is 0 Å². The van der Waals surface area contributed by atoms with Crippen molar-refractivity contribution in [3.63, 3.8) is 0 Å². The molecule has 0 saturated carbocycles. The van der Waals surface area contributed by atoms with Gasteiger partial charge in [-0.15, -0.1) is 0 Å². The predicted molar refractivity (Wildman–Crippen MR) is 70.7 cm³/mol. The van der Waals surface area contributed by atoms with Crippen molar-refractivity contribution < 1.29 is 5.11 Å². The van der Waals surface area contributed by atoms with Gasteiger partial charge in [-0.3, -0.25) is 0 Å². The third-order valence-electron chi connectivity index (χ3n) is 2.84. The Labute approximate surface area is 105 Å². The highest BCUT2D eigenvalue weighted by Crippen LogP contribution is 2.26. The zero-order chi connectivity index (χ0) is 12.2. The minimum Gasteiger partial charge on any atom is -0.396 e. The van der Waals surface area contributed by atoms with Gasteiger partial charge in [-0.05, 0) is 54.2 Å². The molecule has 0 spiro atoms. The van der Waals surface area contributed by atoms with Crippen LogP contribution in [0, 0.1) is 6.92 Å². The summed E-state index contributed by atoms with van der Waals surface area (Å²) < 4.78 is 0.963. The summed E-state index contributed by atoms with van der Waals surface area (Å²) >= 11 is 3.49. The minimum atomic E-state index is -0.112. The summed E-state index contributed by atoms with van der Waals surface area (Å²) in [6, 6.07) is 2.03. The minimum absolute atomic E-state index is 0.112. The molecule has 0 saturated heterocycles. The SMILES string of the molecule is CCC(C)(CCO)Nc1ncc(C)cc1Br. The van der Waals surface area contributed by atoms with Crippen molar-refractivity contribution in [2.24, 2.45) is 0 Å². The second-order valence-electron chi connectivity index (χ2n) is 4.36. The number of hydrogen-bond acceptors (Lipinski definition) is 3. The van der Waals surface area contributed by atoms with Crippen LogP contribution in [0.4, 0.5) is 5.82 Å². The Kier molecular flexibility index (Phi) is 4.74. The number of rotatable bonds is 5. The summed E-state index contributed by atoms with van der Waals surface area (Å²) in [5.74, 6) is 0.836. The number of nitrogens with one attached hydrogen (secondary N) is 1. The third kappa shape index (κ3) is 3.46. The maximum Gasteiger partial charge on any atom is 0.140 e. The Hall–Kier alpha value is -0.610. The molecule has 16 heavy (non-hydrogen) atoms. The first kappa shape index (κ1) is 13.5. The van der Waals surface area contributed by atoms with E-state index in [4.69, 9.17) is 5.11 Å². The first-order valence-electron chi connectivity index (χ1n) is 5.52. The average molecular weight is 287 g/mol. The molecule has 0 aliphatic rings. The van der Waals surface area contributed by atoms with Crippen molar-refractivity contribution in [3.8, 4) is 0 Å². The van der Waals surface area contributed by atoms with Gasteiger partial charge in [0.15, 0.2) is 0 Å². The molecule has 1 heterocycles. The lowest BCUT2D eigenvalue weighted by molar-refractivity contribution is 0.251. The number of pyridine rings is 1. The van der Waals surface area contributed by atoms with Crippen molar-refractivity contribution in [1.82, 2.24) is 4.98 Å². The van der Waals surface area contributed by atoms with Gasteiger partial charge in [0.25, 0.3) is 0 Å². The summed E-state index contributed by atoms with van der Waals surface area (Å²) in [4.78, 5) is 4.35. The van der Waals surface area contributed by atoms with Crippen molar-refractivity contribution >= 4 is 21.7 Å². The van der Waals surface area contributed by atoms with E-state index in [1.807, 2.05) is 19.2 Å². The summed E-state index contributed by atoms with van der Waals surface area (Å²) in [5, 5.41) is 12.4. The van der Waals surface area contributed by atoms with Gasteiger partial charge >= 0.3 is 0 Å². The first-order valence-corrected chi connectivity index (χ1v) is 6.31. The maximum atomic E-state index is 9.05. The molecule has 4 heteroatoms. The molecule has 1 aromatic rings. The molecular weight excluding hydrogens is 268 g/mol. The zero-order valence-corrected chi connectivity index (χ0v) is 11.6. The van der Waals surface area contributed by atoms with E-state index in [9.17, 15) is 0 Å². The molecule has 90 valence electrons. The number of aromatic nitrogens is 1. The van der Waals surface area contributed by atoms with E-state index in [2.05, 4.69) is 40.1 Å². The van der Waals surface area contributed by atoms with Crippen molar-refractivity contribution in [1.29, 1.82) is 0 Å². The third-order valence-corrected chi connectivity index (χ3v) is 3.45. The van der Waals surface area contributed by atoms with E-state index in [1.54, 1.807) is 0 Å². The number of hydrogen-bond donors (Lipinski definition) is 2. The molecule has 2 N–H and O–H groups in total. The summed E-state index contributed by atoms with van der Waals surface area (Å²) in [6.07, 6.45) is 3.49. The number of anilines is 1. The van der Waals surface area contributed by atoms with Gasteiger partial charge in [-0.25, -0.2) is 4.98 Å². The summed E-state index contributed by atoms with van der Waals surface area (Å²) in [5.41, 5.74) is 1.01. The molecule has 1 rings (SSSR count). The fourth-order valence-corrected chi connectivity index (χ4v) is 2.05. The van der Waals surface area contributed by atoms with Crippen LogP contribution in [0.1, 0.15) is 32.3 Å². The standard InChI is InChI=1S/C12H19BrN2O/c1-4-12(3,5-6-16)15-11-10(13)7-9(2)8-14-11/h7-8,16H,4-6H2,1-3H3,(H,14,15). The number of aliphatic hydroxyl groups excluding tert-OH is 1. The lowest BCUT2D eigenvalue weighted by atomic mass is 9.95. The van der Waals surface area contributed by atoms with E-state index in [0.717, 1.165) is 22.3 Å². The molecule has 1 atom stereocenters. The molecule has 1 unspecified atom stereocenters. The van der Waals surface area contributed by atoms with Crippen LogP contribution in [0.15, 0.2) is 16.7 Å². The van der Waals surface area contributed by atoms with E-state index in [-0.39, 0.29) is 12.1 Å².